The van der Waals surface area contributed by atoms with Gasteiger partial charge in [-0.3, -0.25) is 4.68 Å². The van der Waals surface area contributed by atoms with Gasteiger partial charge in [-0.15, -0.1) is 0 Å². The van der Waals surface area contributed by atoms with Gasteiger partial charge in [0.2, 0.25) is 0 Å². The summed E-state index contributed by atoms with van der Waals surface area (Å²) in [5.41, 5.74) is 1.87. The molecule has 0 radical (unpaired) electrons. The molecule has 1 aromatic carbocycles. The maximum atomic E-state index is 5.49. The Morgan fingerprint density at radius 2 is 2.00 bits per heavy atom. The molecule has 1 aliphatic rings. The molecule has 7 heteroatoms. The predicted octanol–water partition coefficient (Wildman–Crippen LogP) is 2.69. The standard InChI is InChI=1S/C16H18N6O/c1-22-13-6-14(23-2)12(5-10(13)8-19-22)21-16-7-15(17-9-18-16)20-11-3-4-11/h5-9,11H,3-4H2,1-2H3,(H2,17,18,20,21). The molecule has 0 bridgehead atoms. The lowest BCUT2D eigenvalue weighted by molar-refractivity contribution is 0.417. The fraction of sp³-hybridized carbons (Fsp3) is 0.312. The van der Waals surface area contributed by atoms with Gasteiger partial charge in [0, 0.05) is 30.6 Å². The Morgan fingerprint density at radius 1 is 1.17 bits per heavy atom. The van der Waals surface area contributed by atoms with Crippen molar-refractivity contribution < 1.29 is 4.74 Å². The molecule has 1 saturated carbocycles. The molecule has 4 rings (SSSR count). The molecule has 0 unspecified atom stereocenters. The first kappa shape index (κ1) is 13.8. The quantitative estimate of drug-likeness (QED) is 0.754. The van der Waals surface area contributed by atoms with E-state index >= 15 is 0 Å². The molecule has 118 valence electrons. The maximum Gasteiger partial charge on any atom is 0.144 e. The number of aromatic nitrogens is 4. The summed E-state index contributed by atoms with van der Waals surface area (Å²) in [4.78, 5) is 8.53. The van der Waals surface area contributed by atoms with Crippen LogP contribution in [0.15, 0.2) is 30.7 Å². The van der Waals surface area contributed by atoms with Crippen LogP contribution in [0.5, 0.6) is 5.75 Å². The molecule has 2 N–H and O–H groups in total. The summed E-state index contributed by atoms with van der Waals surface area (Å²) in [5.74, 6) is 2.31. The molecule has 2 aromatic heterocycles. The van der Waals surface area contributed by atoms with Crippen LogP contribution in [-0.2, 0) is 7.05 Å². The van der Waals surface area contributed by atoms with Crippen LogP contribution in [0, 0.1) is 0 Å². The van der Waals surface area contributed by atoms with Crippen molar-refractivity contribution in [2.24, 2.45) is 7.05 Å². The van der Waals surface area contributed by atoms with E-state index in [1.807, 2.05) is 36.1 Å². The fourth-order valence-corrected chi connectivity index (χ4v) is 2.53. The van der Waals surface area contributed by atoms with E-state index in [2.05, 4.69) is 25.7 Å². The summed E-state index contributed by atoms with van der Waals surface area (Å²) in [5, 5.41) is 12.0. The van der Waals surface area contributed by atoms with Gasteiger partial charge in [0.25, 0.3) is 0 Å². The van der Waals surface area contributed by atoms with Gasteiger partial charge in [-0.25, -0.2) is 9.97 Å². The van der Waals surface area contributed by atoms with Crippen molar-refractivity contribution in [3.8, 4) is 5.75 Å². The van der Waals surface area contributed by atoms with Gasteiger partial charge in [0.1, 0.15) is 23.7 Å². The molecule has 23 heavy (non-hydrogen) atoms. The van der Waals surface area contributed by atoms with Crippen LogP contribution in [0.3, 0.4) is 0 Å². The van der Waals surface area contributed by atoms with Crippen LogP contribution in [0.1, 0.15) is 12.8 Å². The smallest absolute Gasteiger partial charge is 0.144 e. The predicted molar refractivity (Wildman–Crippen MR) is 89.2 cm³/mol. The second-order valence-electron chi connectivity index (χ2n) is 5.71. The Bertz CT molecular complexity index is 855. The largest absolute Gasteiger partial charge is 0.494 e. The Morgan fingerprint density at radius 3 is 2.78 bits per heavy atom. The third-order valence-corrected chi connectivity index (χ3v) is 3.93. The molecule has 1 aliphatic carbocycles. The first-order valence-corrected chi connectivity index (χ1v) is 7.58. The lowest BCUT2D eigenvalue weighted by Crippen LogP contribution is -2.04. The van der Waals surface area contributed by atoms with Crippen molar-refractivity contribution in [1.29, 1.82) is 0 Å². The average Bonchev–Trinajstić information content (AvgIpc) is 3.30. The fourth-order valence-electron chi connectivity index (χ4n) is 2.53. The lowest BCUT2D eigenvalue weighted by Gasteiger charge is -2.12. The van der Waals surface area contributed by atoms with Crippen LogP contribution in [0.25, 0.3) is 10.9 Å². The highest BCUT2D eigenvalue weighted by atomic mass is 16.5. The van der Waals surface area contributed by atoms with Gasteiger partial charge in [0.05, 0.1) is 24.5 Å². The van der Waals surface area contributed by atoms with E-state index in [1.54, 1.807) is 13.4 Å². The number of rotatable bonds is 5. The molecule has 0 amide bonds. The van der Waals surface area contributed by atoms with E-state index in [0.29, 0.717) is 6.04 Å². The molecule has 0 aliphatic heterocycles. The summed E-state index contributed by atoms with van der Waals surface area (Å²) >= 11 is 0. The molecule has 0 atom stereocenters. The van der Waals surface area contributed by atoms with E-state index in [-0.39, 0.29) is 0 Å². The molecular weight excluding hydrogens is 292 g/mol. The lowest BCUT2D eigenvalue weighted by atomic mass is 10.2. The van der Waals surface area contributed by atoms with Gasteiger partial charge >= 0.3 is 0 Å². The van der Waals surface area contributed by atoms with Crippen molar-refractivity contribution in [3.63, 3.8) is 0 Å². The highest BCUT2D eigenvalue weighted by Gasteiger charge is 2.21. The van der Waals surface area contributed by atoms with Gasteiger partial charge in [0.15, 0.2) is 0 Å². The van der Waals surface area contributed by atoms with Gasteiger partial charge < -0.3 is 15.4 Å². The molecule has 7 nitrogen and oxygen atoms in total. The van der Waals surface area contributed by atoms with Gasteiger partial charge in [-0.05, 0) is 18.9 Å². The van der Waals surface area contributed by atoms with E-state index in [4.69, 9.17) is 4.74 Å². The average molecular weight is 310 g/mol. The number of fused-ring (bicyclic) bond motifs is 1. The molecular formula is C16H18N6O. The van der Waals surface area contributed by atoms with Crippen molar-refractivity contribution in [2.75, 3.05) is 17.7 Å². The first-order chi connectivity index (χ1) is 11.2. The minimum absolute atomic E-state index is 0.555. The second kappa shape index (κ2) is 5.42. The SMILES string of the molecule is COc1cc2c(cnn2C)cc1Nc1cc(NC2CC2)ncn1. The zero-order chi connectivity index (χ0) is 15.8. The number of hydrogen-bond donors (Lipinski definition) is 2. The van der Waals surface area contributed by atoms with Crippen molar-refractivity contribution >= 4 is 28.2 Å². The normalized spacial score (nSPS) is 14.0. The Balaban J connectivity index is 1.65. The number of aryl methyl sites for hydroxylation is 1. The monoisotopic (exact) mass is 310 g/mol. The number of nitrogens with zero attached hydrogens (tertiary/aromatic N) is 4. The number of methoxy groups -OCH3 is 1. The molecule has 1 fully saturated rings. The Kier molecular flexibility index (Phi) is 3.25. The van der Waals surface area contributed by atoms with Crippen LogP contribution < -0.4 is 15.4 Å². The van der Waals surface area contributed by atoms with Crippen LogP contribution >= 0.6 is 0 Å². The second-order valence-corrected chi connectivity index (χ2v) is 5.71. The summed E-state index contributed by atoms with van der Waals surface area (Å²) in [6.07, 6.45) is 5.80. The van der Waals surface area contributed by atoms with Crippen molar-refractivity contribution in [2.45, 2.75) is 18.9 Å². The highest BCUT2D eigenvalue weighted by molar-refractivity contribution is 5.87. The summed E-state index contributed by atoms with van der Waals surface area (Å²) in [6, 6.07) is 6.44. The molecule has 0 saturated heterocycles. The van der Waals surface area contributed by atoms with Crippen molar-refractivity contribution in [3.05, 3.63) is 30.7 Å². The van der Waals surface area contributed by atoms with E-state index in [1.165, 1.54) is 12.8 Å². The highest BCUT2D eigenvalue weighted by Crippen LogP contribution is 2.32. The Hall–Kier alpha value is -2.83. The minimum atomic E-state index is 0.555. The number of benzene rings is 1. The van der Waals surface area contributed by atoms with E-state index in [0.717, 1.165) is 34.0 Å². The zero-order valence-electron chi connectivity index (χ0n) is 13.1. The third kappa shape index (κ3) is 2.77. The third-order valence-electron chi connectivity index (χ3n) is 3.93. The topological polar surface area (TPSA) is 76.9 Å². The number of nitrogens with one attached hydrogen (secondary N) is 2. The van der Waals surface area contributed by atoms with Crippen LogP contribution in [0.2, 0.25) is 0 Å². The summed E-state index contributed by atoms with van der Waals surface area (Å²) in [7, 11) is 3.57. The van der Waals surface area contributed by atoms with E-state index < -0.39 is 0 Å². The zero-order valence-corrected chi connectivity index (χ0v) is 13.1. The minimum Gasteiger partial charge on any atom is -0.494 e. The molecule has 3 aromatic rings. The summed E-state index contributed by atoms with van der Waals surface area (Å²) < 4.78 is 7.32. The number of hydrogen-bond acceptors (Lipinski definition) is 6. The molecule has 2 heterocycles. The van der Waals surface area contributed by atoms with Crippen molar-refractivity contribution in [1.82, 2.24) is 19.7 Å². The van der Waals surface area contributed by atoms with Gasteiger partial charge in [-0.2, -0.15) is 5.10 Å². The van der Waals surface area contributed by atoms with E-state index in [9.17, 15) is 0 Å². The molecule has 0 spiro atoms. The first-order valence-electron chi connectivity index (χ1n) is 7.58. The number of ether oxygens (including phenoxy) is 1. The maximum absolute atomic E-state index is 5.49. The van der Waals surface area contributed by atoms with Crippen LogP contribution in [-0.4, -0.2) is 32.9 Å². The van der Waals surface area contributed by atoms with Crippen LogP contribution in [0.4, 0.5) is 17.3 Å². The summed E-state index contributed by atoms with van der Waals surface area (Å²) in [6.45, 7) is 0. The van der Waals surface area contributed by atoms with Gasteiger partial charge in [-0.1, -0.05) is 0 Å². The number of anilines is 3. The Labute approximate surface area is 133 Å².